The smallest absolute Gasteiger partial charge is 0.242 e. The number of sulfonamides is 1. The van der Waals surface area contributed by atoms with Gasteiger partial charge in [0.1, 0.15) is 6.04 Å². The summed E-state index contributed by atoms with van der Waals surface area (Å²) < 4.78 is 27.4. The first-order valence-corrected chi connectivity index (χ1v) is 14.3. The van der Waals surface area contributed by atoms with Crippen LogP contribution in [0.25, 0.3) is 0 Å². The van der Waals surface area contributed by atoms with Gasteiger partial charge in [0, 0.05) is 30.0 Å². The average molecular weight is 567 g/mol. The van der Waals surface area contributed by atoms with Crippen LogP contribution in [0.15, 0.2) is 46.9 Å². The lowest BCUT2D eigenvalue weighted by Crippen LogP contribution is -2.49. The molecule has 35 heavy (non-hydrogen) atoms. The summed E-state index contributed by atoms with van der Waals surface area (Å²) in [6, 6.07) is 12.6. The standard InChI is InChI=1S/C26H36BrN3O4S/c1-18(2)28-26(32)21(5)29(17-22-11-13-23(27)14-12-22)25(31)8-7-15-30(35(6,33)34)24-16-19(3)9-10-20(24)4/h9-14,16,18,21H,7-8,15,17H2,1-6H3,(H,28,32). The fraction of sp³-hybridized carbons (Fsp3) is 0.462. The lowest BCUT2D eigenvalue weighted by molar-refractivity contribution is -0.140. The summed E-state index contributed by atoms with van der Waals surface area (Å²) in [5.41, 5.74) is 3.33. The van der Waals surface area contributed by atoms with E-state index in [2.05, 4.69) is 21.2 Å². The van der Waals surface area contributed by atoms with Crippen molar-refractivity contribution in [3.8, 4) is 0 Å². The number of carbonyl (C=O) groups is 2. The topological polar surface area (TPSA) is 86.8 Å². The average Bonchev–Trinajstić information content (AvgIpc) is 2.76. The number of benzene rings is 2. The van der Waals surface area contributed by atoms with Crippen molar-refractivity contribution >= 4 is 43.5 Å². The van der Waals surface area contributed by atoms with Gasteiger partial charge < -0.3 is 10.2 Å². The monoisotopic (exact) mass is 565 g/mol. The van der Waals surface area contributed by atoms with Gasteiger partial charge in [-0.25, -0.2) is 8.42 Å². The summed E-state index contributed by atoms with van der Waals surface area (Å²) in [7, 11) is -3.53. The van der Waals surface area contributed by atoms with Crippen molar-refractivity contribution in [2.24, 2.45) is 0 Å². The molecule has 2 rings (SSSR count). The zero-order chi connectivity index (χ0) is 26.3. The van der Waals surface area contributed by atoms with Crippen LogP contribution in [0, 0.1) is 13.8 Å². The third kappa shape index (κ3) is 8.65. The Balaban J connectivity index is 2.20. The zero-order valence-corrected chi connectivity index (χ0v) is 23.7. The van der Waals surface area contributed by atoms with E-state index >= 15 is 0 Å². The Morgan fingerprint density at radius 3 is 2.23 bits per heavy atom. The van der Waals surface area contributed by atoms with Crippen molar-refractivity contribution in [1.82, 2.24) is 10.2 Å². The van der Waals surface area contributed by atoms with E-state index in [4.69, 9.17) is 0 Å². The molecule has 9 heteroatoms. The van der Waals surface area contributed by atoms with Crippen LogP contribution in [0.2, 0.25) is 0 Å². The molecule has 1 atom stereocenters. The van der Waals surface area contributed by atoms with Gasteiger partial charge in [-0.2, -0.15) is 0 Å². The normalized spacial score (nSPS) is 12.3. The maximum absolute atomic E-state index is 13.3. The molecule has 0 spiro atoms. The Labute approximate surface area is 218 Å². The van der Waals surface area contributed by atoms with Gasteiger partial charge in [0.25, 0.3) is 0 Å². The van der Waals surface area contributed by atoms with Gasteiger partial charge in [0.2, 0.25) is 21.8 Å². The first-order chi connectivity index (χ1) is 16.3. The molecule has 0 aliphatic rings. The molecule has 2 amide bonds. The quantitative estimate of drug-likeness (QED) is 0.433. The highest BCUT2D eigenvalue weighted by Gasteiger charge is 2.27. The van der Waals surface area contributed by atoms with Gasteiger partial charge in [-0.05, 0) is 75.9 Å². The first-order valence-electron chi connectivity index (χ1n) is 11.7. The van der Waals surface area contributed by atoms with Crippen LogP contribution in [0.4, 0.5) is 5.69 Å². The number of nitrogens with zero attached hydrogens (tertiary/aromatic N) is 2. The van der Waals surface area contributed by atoms with E-state index in [1.165, 1.54) is 10.6 Å². The number of hydrogen-bond donors (Lipinski definition) is 1. The second kappa shape index (κ2) is 12.5. The van der Waals surface area contributed by atoms with E-state index in [0.29, 0.717) is 12.1 Å². The van der Waals surface area contributed by atoms with Crippen LogP contribution >= 0.6 is 15.9 Å². The second-order valence-corrected chi connectivity index (χ2v) is 12.0. The molecule has 0 aliphatic heterocycles. The molecule has 0 fully saturated rings. The minimum absolute atomic E-state index is 0.0459. The van der Waals surface area contributed by atoms with Gasteiger partial charge >= 0.3 is 0 Å². The Kier molecular flexibility index (Phi) is 10.3. The summed E-state index contributed by atoms with van der Waals surface area (Å²) in [6.07, 6.45) is 1.62. The van der Waals surface area contributed by atoms with Crippen LogP contribution in [0.5, 0.6) is 0 Å². The highest BCUT2D eigenvalue weighted by Crippen LogP contribution is 2.25. The molecule has 0 radical (unpaired) electrons. The fourth-order valence-electron chi connectivity index (χ4n) is 3.74. The highest BCUT2D eigenvalue weighted by molar-refractivity contribution is 9.10. The molecular weight excluding hydrogens is 530 g/mol. The molecule has 1 unspecified atom stereocenters. The summed E-state index contributed by atoms with van der Waals surface area (Å²) in [5, 5.41) is 2.87. The fourth-order valence-corrected chi connectivity index (χ4v) is 5.02. The molecule has 2 aromatic carbocycles. The molecule has 7 nitrogen and oxygen atoms in total. The maximum atomic E-state index is 13.3. The van der Waals surface area contributed by atoms with Gasteiger partial charge in [-0.3, -0.25) is 13.9 Å². The number of nitrogens with one attached hydrogen (secondary N) is 1. The predicted octanol–water partition coefficient (Wildman–Crippen LogP) is 4.55. The van der Waals surface area contributed by atoms with Gasteiger partial charge in [-0.1, -0.05) is 40.2 Å². The van der Waals surface area contributed by atoms with E-state index < -0.39 is 16.1 Å². The van der Waals surface area contributed by atoms with E-state index in [1.54, 1.807) is 11.8 Å². The molecule has 192 valence electrons. The third-order valence-electron chi connectivity index (χ3n) is 5.65. The number of carbonyl (C=O) groups excluding carboxylic acids is 2. The van der Waals surface area contributed by atoms with Crippen LogP contribution in [0.3, 0.4) is 0 Å². The van der Waals surface area contributed by atoms with Crippen LogP contribution < -0.4 is 9.62 Å². The van der Waals surface area contributed by atoms with E-state index in [1.807, 2.05) is 70.2 Å². The van der Waals surface area contributed by atoms with E-state index in [9.17, 15) is 18.0 Å². The SMILES string of the molecule is Cc1ccc(C)c(N(CCCC(=O)N(Cc2ccc(Br)cc2)C(C)C(=O)NC(C)C)S(C)(=O)=O)c1. The van der Waals surface area contributed by atoms with Gasteiger partial charge in [0.15, 0.2) is 0 Å². The number of hydrogen-bond acceptors (Lipinski definition) is 4. The molecule has 2 aromatic rings. The largest absolute Gasteiger partial charge is 0.352 e. The lowest BCUT2D eigenvalue weighted by Gasteiger charge is -2.30. The summed E-state index contributed by atoms with van der Waals surface area (Å²) in [4.78, 5) is 27.6. The Morgan fingerprint density at radius 2 is 1.66 bits per heavy atom. The summed E-state index contributed by atoms with van der Waals surface area (Å²) >= 11 is 3.41. The minimum atomic E-state index is -3.53. The van der Waals surface area contributed by atoms with Crippen LogP contribution in [-0.2, 0) is 26.2 Å². The third-order valence-corrected chi connectivity index (χ3v) is 7.36. The van der Waals surface area contributed by atoms with Gasteiger partial charge in [-0.15, -0.1) is 0 Å². The molecule has 1 N–H and O–H groups in total. The predicted molar refractivity (Wildman–Crippen MR) is 145 cm³/mol. The van der Waals surface area contributed by atoms with E-state index in [0.717, 1.165) is 21.2 Å². The Bertz CT molecular complexity index is 1130. The number of halogens is 1. The van der Waals surface area contributed by atoms with Crippen molar-refractivity contribution in [1.29, 1.82) is 0 Å². The highest BCUT2D eigenvalue weighted by atomic mass is 79.9. The Morgan fingerprint density at radius 1 is 1.03 bits per heavy atom. The molecule has 0 bridgehead atoms. The maximum Gasteiger partial charge on any atom is 0.242 e. The van der Waals surface area contributed by atoms with Crippen molar-refractivity contribution in [3.63, 3.8) is 0 Å². The van der Waals surface area contributed by atoms with Gasteiger partial charge in [0.05, 0.1) is 11.9 Å². The molecule has 0 aliphatic carbocycles. The minimum Gasteiger partial charge on any atom is -0.352 e. The number of anilines is 1. The second-order valence-electron chi connectivity index (χ2n) is 9.22. The number of rotatable bonds is 11. The number of aryl methyl sites for hydroxylation is 2. The zero-order valence-electron chi connectivity index (χ0n) is 21.3. The van der Waals surface area contributed by atoms with Crippen molar-refractivity contribution < 1.29 is 18.0 Å². The molecule has 0 saturated carbocycles. The summed E-state index contributed by atoms with van der Waals surface area (Å²) in [5.74, 6) is -0.424. The van der Waals surface area contributed by atoms with Crippen molar-refractivity contribution in [2.45, 2.75) is 66.1 Å². The van der Waals surface area contributed by atoms with E-state index in [-0.39, 0.29) is 37.4 Å². The van der Waals surface area contributed by atoms with Crippen molar-refractivity contribution in [2.75, 3.05) is 17.1 Å². The van der Waals surface area contributed by atoms with Crippen molar-refractivity contribution in [3.05, 3.63) is 63.6 Å². The molecule has 0 saturated heterocycles. The summed E-state index contributed by atoms with van der Waals surface area (Å²) in [6.45, 7) is 9.70. The van der Waals surface area contributed by atoms with Crippen LogP contribution in [0.1, 0.15) is 50.3 Å². The number of amides is 2. The Hall–Kier alpha value is -2.39. The molecule has 0 heterocycles. The molecular formula is C26H36BrN3O4S. The van der Waals surface area contributed by atoms with Crippen LogP contribution in [-0.4, -0.2) is 50.0 Å². The lowest BCUT2D eigenvalue weighted by atomic mass is 10.1. The first kappa shape index (κ1) is 28.8. The molecule has 0 aromatic heterocycles.